The number of hydrogen-bond acceptors (Lipinski definition) is 7. The van der Waals surface area contributed by atoms with Crippen molar-refractivity contribution in [2.75, 3.05) is 20.3 Å². The van der Waals surface area contributed by atoms with Gasteiger partial charge in [0.15, 0.2) is 11.5 Å². The van der Waals surface area contributed by atoms with Crippen LogP contribution in [0.5, 0.6) is 11.5 Å². The van der Waals surface area contributed by atoms with Crippen molar-refractivity contribution < 1.29 is 28.9 Å². The maximum absolute atomic E-state index is 11.7. The van der Waals surface area contributed by atoms with E-state index < -0.39 is 11.9 Å². The number of aromatic nitrogens is 1. The van der Waals surface area contributed by atoms with Crippen LogP contribution in [0.25, 0.3) is 22.2 Å². The number of aromatic carboxylic acids is 1. The van der Waals surface area contributed by atoms with Gasteiger partial charge in [0, 0.05) is 22.6 Å². The van der Waals surface area contributed by atoms with Gasteiger partial charge in [-0.15, -0.1) is 0 Å². The van der Waals surface area contributed by atoms with E-state index in [2.05, 4.69) is 9.72 Å². The highest BCUT2D eigenvalue weighted by atomic mass is 16.6. The molecule has 7 heteroatoms. The summed E-state index contributed by atoms with van der Waals surface area (Å²) in [5, 5.41) is 12.1. The molecule has 0 unspecified atom stereocenters. The molecule has 0 spiro atoms. The average molecular weight is 364 g/mol. The molecule has 0 N–H and O–H groups in total. The lowest BCUT2D eigenvalue weighted by Crippen LogP contribution is -2.23. The van der Waals surface area contributed by atoms with E-state index in [1.165, 1.54) is 13.2 Å². The number of carbonyl (C=O) groups excluding carboxylic acids is 2. The van der Waals surface area contributed by atoms with Crippen molar-refractivity contribution in [3.05, 3.63) is 53.6 Å². The summed E-state index contributed by atoms with van der Waals surface area (Å²) in [6.45, 7) is 0.817. The normalized spacial score (nSPS) is 12.6. The van der Waals surface area contributed by atoms with E-state index in [9.17, 15) is 14.7 Å². The Morgan fingerprint density at radius 1 is 1.04 bits per heavy atom. The van der Waals surface area contributed by atoms with Crippen molar-refractivity contribution in [1.29, 1.82) is 0 Å². The first-order chi connectivity index (χ1) is 13.1. The first-order valence-electron chi connectivity index (χ1n) is 8.21. The molecule has 1 aliphatic heterocycles. The molecule has 0 amide bonds. The zero-order chi connectivity index (χ0) is 19.0. The van der Waals surface area contributed by atoms with Crippen molar-refractivity contribution >= 4 is 22.8 Å². The molecular formula is C20H14NO6-. The number of benzene rings is 2. The maximum atomic E-state index is 11.7. The fraction of sp³-hybridized carbons (Fsp3) is 0.150. The largest absolute Gasteiger partial charge is 0.545 e. The van der Waals surface area contributed by atoms with Gasteiger partial charge in [-0.05, 0) is 24.3 Å². The molecule has 136 valence electrons. The molecule has 0 fully saturated rings. The van der Waals surface area contributed by atoms with E-state index in [0.29, 0.717) is 52.4 Å². The van der Waals surface area contributed by atoms with Gasteiger partial charge in [-0.2, -0.15) is 0 Å². The molecule has 0 atom stereocenters. The summed E-state index contributed by atoms with van der Waals surface area (Å²) in [6.07, 6.45) is 0. The fourth-order valence-electron chi connectivity index (χ4n) is 2.97. The number of carboxylic acid groups (broad SMARTS) is 1. The Kier molecular flexibility index (Phi) is 4.12. The van der Waals surface area contributed by atoms with E-state index in [0.717, 1.165) is 0 Å². The molecule has 27 heavy (non-hydrogen) atoms. The monoisotopic (exact) mass is 364 g/mol. The summed E-state index contributed by atoms with van der Waals surface area (Å²) >= 11 is 0. The van der Waals surface area contributed by atoms with Crippen LogP contribution in [-0.4, -0.2) is 37.2 Å². The third-order valence-corrected chi connectivity index (χ3v) is 4.29. The summed E-state index contributed by atoms with van der Waals surface area (Å²) in [5.74, 6) is -0.768. The highest BCUT2D eigenvalue weighted by molar-refractivity contribution is 6.04. The second-order valence-corrected chi connectivity index (χ2v) is 5.92. The molecule has 2 aromatic carbocycles. The first-order valence-corrected chi connectivity index (χ1v) is 8.21. The number of carboxylic acids is 1. The number of fused-ring (bicyclic) bond motifs is 2. The molecule has 2 heterocycles. The first kappa shape index (κ1) is 16.8. The van der Waals surface area contributed by atoms with E-state index in [-0.39, 0.29) is 5.56 Å². The summed E-state index contributed by atoms with van der Waals surface area (Å²) in [7, 11) is 1.31. The third-order valence-electron chi connectivity index (χ3n) is 4.29. The highest BCUT2D eigenvalue weighted by Gasteiger charge is 2.17. The second-order valence-electron chi connectivity index (χ2n) is 5.92. The van der Waals surface area contributed by atoms with Crippen molar-refractivity contribution in [3.8, 4) is 22.8 Å². The number of carbonyl (C=O) groups is 2. The Morgan fingerprint density at radius 3 is 2.33 bits per heavy atom. The molecule has 0 saturated carbocycles. The summed E-state index contributed by atoms with van der Waals surface area (Å²) in [6, 6.07) is 11.2. The Bertz CT molecular complexity index is 1060. The van der Waals surface area contributed by atoms with Crippen LogP contribution in [0.15, 0.2) is 42.5 Å². The van der Waals surface area contributed by atoms with Crippen molar-refractivity contribution in [1.82, 2.24) is 4.98 Å². The molecule has 4 rings (SSSR count). The van der Waals surface area contributed by atoms with Crippen LogP contribution in [0.3, 0.4) is 0 Å². The third kappa shape index (κ3) is 3.03. The predicted octanol–water partition coefficient (Wildman–Crippen LogP) is 1.82. The minimum Gasteiger partial charge on any atom is -0.545 e. The fourth-order valence-corrected chi connectivity index (χ4v) is 2.97. The summed E-state index contributed by atoms with van der Waals surface area (Å²) in [5.41, 5.74) is 1.94. The van der Waals surface area contributed by atoms with Gasteiger partial charge in [-0.3, -0.25) is 0 Å². The van der Waals surface area contributed by atoms with Crippen LogP contribution in [-0.2, 0) is 4.74 Å². The molecule has 1 aliphatic rings. The van der Waals surface area contributed by atoms with Gasteiger partial charge in [0.05, 0.1) is 29.9 Å². The number of rotatable bonds is 3. The van der Waals surface area contributed by atoms with Crippen LogP contribution < -0.4 is 14.6 Å². The zero-order valence-electron chi connectivity index (χ0n) is 14.4. The number of nitrogens with zero attached hydrogens (tertiary/aromatic N) is 1. The van der Waals surface area contributed by atoms with Crippen LogP contribution in [0.4, 0.5) is 0 Å². The Morgan fingerprint density at radius 2 is 1.70 bits per heavy atom. The van der Waals surface area contributed by atoms with Gasteiger partial charge >= 0.3 is 5.97 Å². The number of ether oxygens (including phenoxy) is 3. The molecule has 7 nitrogen and oxygen atoms in total. The lowest BCUT2D eigenvalue weighted by Gasteiger charge is -2.20. The smallest absolute Gasteiger partial charge is 0.337 e. The van der Waals surface area contributed by atoms with Crippen LogP contribution in [0, 0.1) is 0 Å². The lowest BCUT2D eigenvalue weighted by molar-refractivity contribution is -0.254. The topological polar surface area (TPSA) is 97.8 Å². The number of hydrogen-bond donors (Lipinski definition) is 0. The molecule has 0 bridgehead atoms. The highest BCUT2D eigenvalue weighted by Crippen LogP contribution is 2.36. The Hall–Kier alpha value is -3.61. The Balaban J connectivity index is 1.86. The number of methoxy groups -OCH3 is 1. The van der Waals surface area contributed by atoms with E-state index in [4.69, 9.17) is 9.47 Å². The summed E-state index contributed by atoms with van der Waals surface area (Å²) < 4.78 is 15.7. The van der Waals surface area contributed by atoms with Crippen LogP contribution >= 0.6 is 0 Å². The second kappa shape index (κ2) is 6.60. The average Bonchev–Trinajstić information content (AvgIpc) is 2.70. The molecular weight excluding hydrogens is 350 g/mol. The van der Waals surface area contributed by atoms with Gasteiger partial charge in [-0.1, -0.05) is 12.1 Å². The van der Waals surface area contributed by atoms with Gasteiger partial charge in [-0.25, -0.2) is 9.78 Å². The molecule has 3 aromatic rings. The standard InChI is InChI=1S/C20H15NO6/c1-25-20(24)12-4-2-11(3-5-12)15-8-14(19(22)23)13-9-17-18(10-16(13)21-15)27-7-6-26-17/h2-5,8-10H,6-7H2,1H3,(H,22,23)/p-1. The SMILES string of the molecule is COC(=O)c1ccc(-c2cc(C(=O)[O-])c3cc4c(cc3n2)OCCO4)cc1. The molecule has 1 aromatic heterocycles. The maximum Gasteiger partial charge on any atom is 0.337 e. The quantitative estimate of drug-likeness (QED) is 0.654. The molecule has 0 radical (unpaired) electrons. The van der Waals surface area contributed by atoms with Gasteiger partial charge in [0.1, 0.15) is 13.2 Å². The minimum absolute atomic E-state index is 0.00372. The minimum atomic E-state index is -1.31. The van der Waals surface area contributed by atoms with Crippen LogP contribution in [0.2, 0.25) is 0 Å². The van der Waals surface area contributed by atoms with Crippen molar-refractivity contribution in [3.63, 3.8) is 0 Å². The van der Waals surface area contributed by atoms with Gasteiger partial charge in [0.25, 0.3) is 0 Å². The molecule has 0 aliphatic carbocycles. The van der Waals surface area contributed by atoms with Gasteiger partial charge in [0.2, 0.25) is 0 Å². The van der Waals surface area contributed by atoms with Gasteiger partial charge < -0.3 is 24.1 Å². The van der Waals surface area contributed by atoms with E-state index in [1.54, 1.807) is 36.4 Å². The Labute approximate surface area is 154 Å². The van der Waals surface area contributed by atoms with Crippen molar-refractivity contribution in [2.24, 2.45) is 0 Å². The van der Waals surface area contributed by atoms with E-state index in [1.807, 2.05) is 0 Å². The number of pyridine rings is 1. The van der Waals surface area contributed by atoms with Crippen molar-refractivity contribution in [2.45, 2.75) is 0 Å². The lowest BCUT2D eigenvalue weighted by atomic mass is 10.0. The van der Waals surface area contributed by atoms with E-state index >= 15 is 0 Å². The predicted molar refractivity (Wildman–Crippen MR) is 93.8 cm³/mol. The zero-order valence-corrected chi connectivity index (χ0v) is 14.4. The molecule has 0 saturated heterocycles. The number of esters is 1. The van der Waals surface area contributed by atoms with Crippen LogP contribution in [0.1, 0.15) is 20.7 Å². The summed E-state index contributed by atoms with van der Waals surface area (Å²) in [4.78, 5) is 27.8.